The van der Waals surface area contributed by atoms with E-state index in [9.17, 15) is 18.0 Å². The lowest BCUT2D eigenvalue weighted by Gasteiger charge is -2.23. The molecule has 112 valence electrons. The van der Waals surface area contributed by atoms with E-state index in [1.807, 2.05) is 6.92 Å². The summed E-state index contributed by atoms with van der Waals surface area (Å²) >= 11 is 5.79. The zero-order valence-electron chi connectivity index (χ0n) is 11.1. The van der Waals surface area contributed by atoms with Gasteiger partial charge in [0, 0.05) is 0 Å². The number of anilines is 1. The van der Waals surface area contributed by atoms with Crippen molar-refractivity contribution in [3.63, 3.8) is 0 Å². The number of rotatable bonds is 4. The van der Waals surface area contributed by atoms with Crippen molar-refractivity contribution >= 4 is 23.2 Å². The highest BCUT2D eigenvalue weighted by molar-refractivity contribution is 6.33. The van der Waals surface area contributed by atoms with E-state index in [0.29, 0.717) is 12.8 Å². The molecule has 0 saturated heterocycles. The lowest BCUT2D eigenvalue weighted by atomic mass is 9.96. The number of alkyl halides is 3. The molecule has 0 spiro atoms. The Morgan fingerprint density at radius 3 is 2.50 bits per heavy atom. The van der Waals surface area contributed by atoms with E-state index < -0.39 is 23.2 Å². The van der Waals surface area contributed by atoms with Crippen LogP contribution in [-0.2, 0) is 11.0 Å². The SMILES string of the molecule is CCCC(C)(N)C(=O)Nc1cc(C(F)(F)F)ccc1Cl. The lowest BCUT2D eigenvalue weighted by Crippen LogP contribution is -2.48. The smallest absolute Gasteiger partial charge is 0.323 e. The van der Waals surface area contributed by atoms with Crippen molar-refractivity contribution < 1.29 is 18.0 Å². The van der Waals surface area contributed by atoms with Gasteiger partial charge in [0.2, 0.25) is 5.91 Å². The van der Waals surface area contributed by atoms with E-state index in [1.54, 1.807) is 0 Å². The van der Waals surface area contributed by atoms with Crippen LogP contribution < -0.4 is 11.1 Å². The van der Waals surface area contributed by atoms with Gasteiger partial charge in [0.25, 0.3) is 0 Å². The fraction of sp³-hybridized carbons (Fsp3) is 0.462. The monoisotopic (exact) mass is 308 g/mol. The van der Waals surface area contributed by atoms with E-state index >= 15 is 0 Å². The first-order valence-electron chi connectivity index (χ1n) is 6.05. The van der Waals surface area contributed by atoms with Gasteiger partial charge in [0.05, 0.1) is 21.8 Å². The minimum atomic E-state index is -4.50. The first-order chi connectivity index (χ1) is 9.08. The van der Waals surface area contributed by atoms with Crippen LogP contribution in [0.25, 0.3) is 0 Å². The fourth-order valence-corrected chi connectivity index (χ4v) is 1.86. The molecule has 7 heteroatoms. The third-order valence-electron chi connectivity index (χ3n) is 2.83. The molecule has 3 nitrogen and oxygen atoms in total. The van der Waals surface area contributed by atoms with Crippen molar-refractivity contribution in [3.05, 3.63) is 28.8 Å². The summed E-state index contributed by atoms with van der Waals surface area (Å²) in [6.07, 6.45) is -3.41. The number of carbonyl (C=O) groups is 1. The normalized spacial score (nSPS) is 14.8. The van der Waals surface area contributed by atoms with Gasteiger partial charge in [-0.1, -0.05) is 24.9 Å². The van der Waals surface area contributed by atoms with Gasteiger partial charge in [0.15, 0.2) is 0 Å². The van der Waals surface area contributed by atoms with Gasteiger partial charge < -0.3 is 11.1 Å². The molecule has 0 fully saturated rings. The van der Waals surface area contributed by atoms with Crippen LogP contribution in [0.5, 0.6) is 0 Å². The number of hydrogen-bond donors (Lipinski definition) is 2. The summed E-state index contributed by atoms with van der Waals surface area (Å²) in [6, 6.07) is 2.74. The number of halogens is 4. The highest BCUT2D eigenvalue weighted by Crippen LogP contribution is 2.34. The second-order valence-corrected chi connectivity index (χ2v) is 5.22. The summed E-state index contributed by atoms with van der Waals surface area (Å²) in [5.41, 5.74) is 3.67. The molecule has 3 N–H and O–H groups in total. The summed E-state index contributed by atoms with van der Waals surface area (Å²) in [5.74, 6) is -0.569. The van der Waals surface area contributed by atoms with Crippen LogP contribution in [0.1, 0.15) is 32.3 Å². The minimum Gasteiger partial charge on any atom is -0.323 e. The lowest BCUT2D eigenvalue weighted by molar-refractivity contribution is -0.137. The predicted molar refractivity (Wildman–Crippen MR) is 72.6 cm³/mol. The molecule has 0 aliphatic rings. The van der Waals surface area contributed by atoms with Gasteiger partial charge in [-0.3, -0.25) is 4.79 Å². The number of carbonyl (C=O) groups excluding carboxylic acids is 1. The molecular formula is C13H16ClF3N2O. The van der Waals surface area contributed by atoms with Crippen LogP contribution >= 0.6 is 11.6 Å². The van der Waals surface area contributed by atoms with E-state index in [2.05, 4.69) is 5.32 Å². The first-order valence-corrected chi connectivity index (χ1v) is 6.43. The third kappa shape index (κ3) is 4.11. The van der Waals surface area contributed by atoms with Crippen molar-refractivity contribution in [2.45, 2.75) is 38.4 Å². The Morgan fingerprint density at radius 2 is 2.00 bits per heavy atom. The van der Waals surface area contributed by atoms with Crippen molar-refractivity contribution in [1.82, 2.24) is 0 Å². The zero-order chi connectivity index (χ0) is 15.6. The molecular weight excluding hydrogens is 293 g/mol. The molecule has 0 bridgehead atoms. The average molecular weight is 309 g/mol. The van der Waals surface area contributed by atoms with Crippen molar-refractivity contribution in [2.75, 3.05) is 5.32 Å². The largest absolute Gasteiger partial charge is 0.416 e. The Balaban J connectivity index is 3.01. The molecule has 1 amide bonds. The molecule has 1 aromatic carbocycles. The van der Waals surface area contributed by atoms with Crippen LogP contribution in [0, 0.1) is 0 Å². The zero-order valence-corrected chi connectivity index (χ0v) is 11.9. The van der Waals surface area contributed by atoms with Gasteiger partial charge in [-0.05, 0) is 31.5 Å². The maximum absolute atomic E-state index is 12.6. The Labute approximate surface area is 120 Å². The number of nitrogens with two attached hydrogens (primary N) is 1. The maximum Gasteiger partial charge on any atom is 0.416 e. The molecule has 0 radical (unpaired) electrons. The summed E-state index contributed by atoms with van der Waals surface area (Å²) in [5, 5.41) is 2.38. The maximum atomic E-state index is 12.6. The van der Waals surface area contributed by atoms with Crippen LogP contribution in [-0.4, -0.2) is 11.4 Å². The Morgan fingerprint density at radius 1 is 1.40 bits per heavy atom. The topological polar surface area (TPSA) is 55.1 Å². The van der Waals surface area contributed by atoms with Gasteiger partial charge >= 0.3 is 6.18 Å². The number of nitrogens with one attached hydrogen (secondary N) is 1. The van der Waals surface area contributed by atoms with E-state index in [-0.39, 0.29) is 10.7 Å². The van der Waals surface area contributed by atoms with Crippen LogP contribution in [0.3, 0.4) is 0 Å². The average Bonchev–Trinajstić information content (AvgIpc) is 2.30. The summed E-state index contributed by atoms with van der Waals surface area (Å²) in [6.45, 7) is 3.38. The highest BCUT2D eigenvalue weighted by Gasteiger charge is 2.32. The molecule has 1 atom stereocenters. The van der Waals surface area contributed by atoms with Gasteiger partial charge in [0.1, 0.15) is 0 Å². The van der Waals surface area contributed by atoms with Crippen LogP contribution in [0.2, 0.25) is 5.02 Å². The van der Waals surface area contributed by atoms with Gasteiger partial charge in [-0.15, -0.1) is 0 Å². The summed E-state index contributed by atoms with van der Waals surface area (Å²) < 4.78 is 37.8. The molecule has 0 aliphatic carbocycles. The molecule has 0 heterocycles. The standard InChI is InChI=1S/C13H16ClF3N2O/c1-3-6-12(2,18)11(20)19-10-7-8(13(15,16)17)4-5-9(10)14/h4-5,7H,3,6,18H2,1-2H3,(H,19,20). The van der Waals surface area contributed by atoms with E-state index in [1.165, 1.54) is 6.92 Å². The van der Waals surface area contributed by atoms with E-state index in [4.69, 9.17) is 17.3 Å². The second-order valence-electron chi connectivity index (χ2n) is 4.81. The first kappa shape index (κ1) is 16.8. The fourth-order valence-electron chi connectivity index (χ4n) is 1.70. The molecule has 0 saturated carbocycles. The van der Waals surface area contributed by atoms with Crippen molar-refractivity contribution in [2.24, 2.45) is 5.73 Å². The van der Waals surface area contributed by atoms with Crippen LogP contribution in [0.15, 0.2) is 18.2 Å². The van der Waals surface area contributed by atoms with Crippen LogP contribution in [0.4, 0.5) is 18.9 Å². The molecule has 20 heavy (non-hydrogen) atoms. The summed E-state index contributed by atoms with van der Waals surface area (Å²) in [7, 11) is 0. The third-order valence-corrected chi connectivity index (χ3v) is 3.16. The highest BCUT2D eigenvalue weighted by atomic mass is 35.5. The Bertz CT molecular complexity index is 501. The molecule has 0 aliphatic heterocycles. The molecule has 0 aromatic heterocycles. The quantitative estimate of drug-likeness (QED) is 0.888. The number of amides is 1. The van der Waals surface area contributed by atoms with Crippen molar-refractivity contribution in [3.8, 4) is 0 Å². The van der Waals surface area contributed by atoms with E-state index in [0.717, 1.165) is 18.2 Å². The Hall–Kier alpha value is -1.27. The second kappa shape index (κ2) is 6.01. The van der Waals surface area contributed by atoms with Gasteiger partial charge in [-0.25, -0.2) is 0 Å². The molecule has 1 aromatic rings. The minimum absolute atomic E-state index is 0.0265. The van der Waals surface area contributed by atoms with Crippen molar-refractivity contribution in [1.29, 1.82) is 0 Å². The molecule has 1 rings (SSSR count). The summed E-state index contributed by atoms with van der Waals surface area (Å²) in [4.78, 5) is 12.0. The Kier molecular flexibility index (Phi) is 5.05. The molecule has 1 unspecified atom stereocenters. The van der Waals surface area contributed by atoms with Gasteiger partial charge in [-0.2, -0.15) is 13.2 Å². The number of hydrogen-bond acceptors (Lipinski definition) is 2. The predicted octanol–water partition coefficient (Wildman–Crippen LogP) is 3.81. The number of benzene rings is 1.